The Morgan fingerprint density at radius 1 is 1.11 bits per heavy atom. The number of methoxy groups -OCH3 is 1. The number of piperidine rings is 1. The van der Waals surface area contributed by atoms with Gasteiger partial charge in [-0.2, -0.15) is 0 Å². The van der Waals surface area contributed by atoms with Crippen molar-refractivity contribution in [3.8, 4) is 17.0 Å². The van der Waals surface area contributed by atoms with E-state index < -0.39 is 37.4 Å². The summed E-state index contributed by atoms with van der Waals surface area (Å²) in [6.07, 6.45) is -0.478. The van der Waals surface area contributed by atoms with Crippen molar-refractivity contribution in [3.05, 3.63) is 54.2 Å². The van der Waals surface area contributed by atoms with Crippen LogP contribution >= 0.6 is 7.75 Å². The van der Waals surface area contributed by atoms with Crippen LogP contribution in [0.15, 0.2) is 37.1 Å². The van der Waals surface area contributed by atoms with Gasteiger partial charge in [0.25, 0.3) is 6.43 Å². The molecule has 1 aliphatic heterocycles. The highest BCUT2D eigenvalue weighted by atomic mass is 31.2. The third-order valence-corrected chi connectivity index (χ3v) is 9.12. The van der Waals surface area contributed by atoms with Gasteiger partial charge in [-0.25, -0.2) is 37.1 Å². The van der Waals surface area contributed by atoms with Gasteiger partial charge in [-0.1, -0.05) is 0 Å². The van der Waals surface area contributed by atoms with Crippen LogP contribution in [0.3, 0.4) is 0 Å². The highest BCUT2D eigenvalue weighted by Gasteiger charge is 2.43. The lowest BCUT2D eigenvalue weighted by molar-refractivity contribution is -0.0529. The van der Waals surface area contributed by atoms with Crippen LogP contribution in [0.2, 0.25) is 0 Å². The number of fused-ring (bicyclic) bond motifs is 1. The largest absolute Gasteiger partial charge is 0.494 e. The molecule has 4 aromatic rings. The van der Waals surface area contributed by atoms with Gasteiger partial charge in [-0.15, -0.1) is 0 Å². The summed E-state index contributed by atoms with van der Waals surface area (Å²) in [7, 11) is -0.125. The molecule has 4 heterocycles. The molecule has 1 fully saturated rings. The molecule has 0 spiro atoms. The van der Waals surface area contributed by atoms with Gasteiger partial charge in [0, 0.05) is 38.9 Å². The fourth-order valence-corrected chi connectivity index (χ4v) is 6.05. The zero-order valence-corrected chi connectivity index (χ0v) is 25.3. The number of benzene rings is 1. The van der Waals surface area contributed by atoms with Gasteiger partial charge in [-0.05, 0) is 30.5 Å². The van der Waals surface area contributed by atoms with E-state index in [-0.39, 0.29) is 47.9 Å². The van der Waals surface area contributed by atoms with E-state index in [4.69, 9.17) is 19.5 Å². The predicted octanol–water partition coefficient (Wildman–Crippen LogP) is 3.96. The van der Waals surface area contributed by atoms with Gasteiger partial charge in [0.2, 0.25) is 0 Å². The molecule has 0 amide bonds. The average molecular weight is 655 g/mol. The molecule has 18 heteroatoms. The number of hydrogen-bond acceptors (Lipinski definition) is 11. The quantitative estimate of drug-likeness (QED) is 0.158. The maximum atomic E-state index is 15.1. The maximum absolute atomic E-state index is 15.1. The van der Waals surface area contributed by atoms with Crippen molar-refractivity contribution in [1.29, 1.82) is 0 Å². The Kier molecular flexibility index (Phi) is 9.28. The minimum atomic E-state index is -3.74. The fourth-order valence-electron chi connectivity index (χ4n) is 5.30. The molecule has 0 bridgehead atoms. The summed E-state index contributed by atoms with van der Waals surface area (Å²) >= 11 is 0. The van der Waals surface area contributed by atoms with Crippen molar-refractivity contribution in [2.75, 3.05) is 44.4 Å². The Hall–Kier alpha value is -3.89. The summed E-state index contributed by atoms with van der Waals surface area (Å²) in [4.78, 5) is 18.9. The molecule has 0 saturated carbocycles. The number of nitrogens with two attached hydrogens (primary N) is 1. The number of aliphatic hydroxyl groups is 1. The maximum Gasteiger partial charge on any atom is 0.433 e. The van der Waals surface area contributed by atoms with E-state index in [2.05, 4.69) is 25.0 Å². The number of nitrogens with one attached hydrogen (secondary N) is 1. The minimum Gasteiger partial charge on any atom is -0.494 e. The van der Waals surface area contributed by atoms with Crippen LogP contribution in [0, 0.1) is 11.6 Å². The highest BCUT2D eigenvalue weighted by molar-refractivity contribution is 7.55. The highest BCUT2D eigenvalue weighted by Crippen LogP contribution is 2.46. The van der Waals surface area contributed by atoms with Gasteiger partial charge in [-0.3, -0.25) is 19.1 Å². The molecule has 1 aromatic carbocycles. The second kappa shape index (κ2) is 12.8. The van der Waals surface area contributed by atoms with E-state index in [9.17, 15) is 22.8 Å². The molecule has 13 nitrogen and oxygen atoms in total. The Morgan fingerprint density at radius 3 is 2.56 bits per heavy atom. The minimum absolute atomic E-state index is 0.0375. The zero-order chi connectivity index (χ0) is 32.5. The van der Waals surface area contributed by atoms with Crippen LogP contribution in [-0.2, 0) is 20.2 Å². The van der Waals surface area contributed by atoms with Crippen molar-refractivity contribution in [2.24, 2.45) is 5.73 Å². The summed E-state index contributed by atoms with van der Waals surface area (Å²) in [5.41, 5.74) is 6.11. The number of rotatable bonds is 11. The van der Waals surface area contributed by atoms with E-state index in [0.29, 0.717) is 29.9 Å². The molecule has 1 saturated heterocycles. The number of ether oxygens (including phenoxy) is 1. The fraction of sp³-hybridized carbons (Fsp3) is 0.407. The molecular weight excluding hydrogens is 623 g/mol. The summed E-state index contributed by atoms with van der Waals surface area (Å²) in [6.45, 7) is 0.316. The van der Waals surface area contributed by atoms with Crippen LogP contribution in [-0.4, -0.2) is 82.1 Å². The van der Waals surface area contributed by atoms with Crippen molar-refractivity contribution >= 4 is 30.4 Å². The van der Waals surface area contributed by atoms with E-state index in [1.165, 1.54) is 46.2 Å². The van der Waals surface area contributed by atoms with Crippen LogP contribution in [0.1, 0.15) is 18.4 Å². The monoisotopic (exact) mass is 654 g/mol. The number of hydrogen-bond donors (Lipinski definition) is 3. The molecule has 0 aliphatic carbocycles. The molecule has 0 radical (unpaired) electrons. The first kappa shape index (κ1) is 32.5. The Balaban J connectivity index is 1.59. The Bertz CT molecular complexity index is 1740. The second-order valence-electron chi connectivity index (χ2n) is 10.4. The van der Waals surface area contributed by atoms with Crippen molar-refractivity contribution < 1.29 is 41.0 Å². The SMILES string of the molecule is COc1cc(F)c(-c2cc(Cn3cnc4c(NP(=O)(OC)OC)ncnc43)c(N3CCC[C@](N)([C@H](O)C(F)F)C3)cn2)cc1F. The molecule has 4 N–H and O–H groups in total. The topological polar surface area (TPSA) is 163 Å². The number of anilines is 2. The predicted molar refractivity (Wildman–Crippen MR) is 156 cm³/mol. The Morgan fingerprint density at radius 2 is 1.87 bits per heavy atom. The van der Waals surface area contributed by atoms with Crippen molar-refractivity contribution in [2.45, 2.75) is 37.5 Å². The first-order chi connectivity index (χ1) is 21.4. The van der Waals surface area contributed by atoms with Gasteiger partial charge in [0.05, 0.1) is 43.1 Å². The van der Waals surface area contributed by atoms with Crippen LogP contribution in [0.5, 0.6) is 5.75 Å². The van der Waals surface area contributed by atoms with Crippen LogP contribution in [0.4, 0.5) is 29.1 Å². The third-order valence-electron chi connectivity index (χ3n) is 7.67. The number of aliphatic hydroxyl groups excluding tert-OH is 1. The molecule has 242 valence electrons. The molecule has 0 unspecified atom stereocenters. The standard InChI is InChI=1S/C27H31F4N8O5P/c1-42-21-9-17(28)16(8-18(21)29)19-7-15(20(10-33-19)38-6-4-5-27(32,12-38)23(40)24(30)31)11-39-14-36-22-25(34-13-35-26(22)39)37-45(41,43-2)44-3/h7-10,13-14,23-24,40H,4-6,11-12,32H2,1-3H3,(H,34,35,37,41)/t23-,27-/m1/s1. The number of nitrogens with zero attached hydrogens (tertiary/aromatic N) is 6. The van der Waals surface area contributed by atoms with E-state index in [1.807, 2.05) is 0 Å². The van der Waals surface area contributed by atoms with Crippen molar-refractivity contribution in [1.82, 2.24) is 24.5 Å². The van der Waals surface area contributed by atoms with E-state index in [1.54, 1.807) is 9.47 Å². The summed E-state index contributed by atoms with van der Waals surface area (Å²) in [5.74, 6) is -1.79. The summed E-state index contributed by atoms with van der Waals surface area (Å²) < 4.78 is 85.8. The normalized spacial score (nSPS) is 18.0. The second-order valence-corrected chi connectivity index (χ2v) is 12.4. The number of halogens is 4. The van der Waals surface area contributed by atoms with Crippen molar-refractivity contribution in [3.63, 3.8) is 0 Å². The molecule has 5 rings (SSSR count). The van der Waals surface area contributed by atoms with Gasteiger partial charge >= 0.3 is 7.75 Å². The van der Waals surface area contributed by atoms with Crippen LogP contribution < -0.4 is 20.5 Å². The molecule has 1 aliphatic rings. The summed E-state index contributed by atoms with van der Waals surface area (Å²) in [5, 5.41) is 12.8. The van der Waals surface area contributed by atoms with E-state index >= 15 is 4.39 Å². The number of aromatic nitrogens is 5. The summed E-state index contributed by atoms with van der Waals surface area (Å²) in [6, 6.07) is 3.41. The molecular formula is C27H31F4N8O5P. The molecule has 3 aromatic heterocycles. The number of alkyl halides is 2. The smallest absolute Gasteiger partial charge is 0.433 e. The van der Waals surface area contributed by atoms with Gasteiger partial charge in [0.15, 0.2) is 28.5 Å². The van der Waals surface area contributed by atoms with Gasteiger partial charge < -0.3 is 25.0 Å². The van der Waals surface area contributed by atoms with E-state index in [0.717, 1.165) is 12.1 Å². The third kappa shape index (κ3) is 6.44. The first-order valence-corrected chi connectivity index (χ1v) is 15.1. The van der Waals surface area contributed by atoms with Gasteiger partial charge in [0.1, 0.15) is 18.2 Å². The molecule has 45 heavy (non-hydrogen) atoms. The average Bonchev–Trinajstić information content (AvgIpc) is 3.44. The zero-order valence-electron chi connectivity index (χ0n) is 24.5. The number of imidazole rings is 1. The lowest BCUT2D eigenvalue weighted by atomic mass is 9.84. The lowest BCUT2D eigenvalue weighted by Gasteiger charge is -2.44. The lowest BCUT2D eigenvalue weighted by Crippen LogP contribution is -2.63. The van der Waals surface area contributed by atoms with Crippen LogP contribution in [0.25, 0.3) is 22.4 Å². The Labute approximate surface area is 254 Å². The number of pyridine rings is 1. The first-order valence-electron chi connectivity index (χ1n) is 13.6. The molecule has 2 atom stereocenters.